The van der Waals surface area contributed by atoms with E-state index in [-0.39, 0.29) is 5.91 Å². The maximum atomic E-state index is 11.4. The van der Waals surface area contributed by atoms with E-state index in [0.29, 0.717) is 6.42 Å². The van der Waals surface area contributed by atoms with Crippen LogP contribution in [-0.4, -0.2) is 17.4 Å². The van der Waals surface area contributed by atoms with Gasteiger partial charge in [0.2, 0.25) is 5.91 Å². The van der Waals surface area contributed by atoms with Crippen LogP contribution in [0.4, 0.5) is 0 Å². The van der Waals surface area contributed by atoms with Gasteiger partial charge in [0.1, 0.15) is 0 Å². The summed E-state index contributed by atoms with van der Waals surface area (Å²) in [4.78, 5) is 13.3. The molecule has 1 aliphatic heterocycles. The first-order chi connectivity index (χ1) is 6.79. The highest BCUT2D eigenvalue weighted by Crippen LogP contribution is 2.21. The van der Waals surface area contributed by atoms with Crippen molar-refractivity contribution in [1.82, 2.24) is 4.90 Å². The van der Waals surface area contributed by atoms with E-state index in [1.165, 1.54) is 31.4 Å². The third kappa shape index (κ3) is 2.86. The summed E-state index contributed by atoms with van der Waals surface area (Å²) >= 11 is 0. The molecule has 0 bridgehead atoms. The van der Waals surface area contributed by atoms with Crippen LogP contribution in [-0.2, 0) is 4.79 Å². The van der Waals surface area contributed by atoms with Gasteiger partial charge < -0.3 is 4.90 Å². The Morgan fingerprint density at radius 2 is 2.07 bits per heavy atom. The molecule has 0 aromatic rings. The maximum Gasteiger partial charge on any atom is 0.230 e. The molecule has 0 aliphatic carbocycles. The molecule has 0 atom stereocenters. The average Bonchev–Trinajstić information content (AvgIpc) is 2.54. The third-order valence-electron chi connectivity index (χ3n) is 2.76. The molecule has 0 N–H and O–H groups in total. The van der Waals surface area contributed by atoms with Crippen LogP contribution in [0.15, 0.2) is 11.8 Å². The molecule has 0 unspecified atom stereocenters. The molecule has 0 aromatic heterocycles. The fourth-order valence-corrected chi connectivity index (χ4v) is 1.94. The molecule has 1 amide bonds. The molecule has 80 valence electrons. The molecule has 0 aromatic carbocycles. The standard InChI is InChI=1S/C12H21NO/c1-3-5-6-7-8-11-9-10-12(14)13(11)4-2/h9H,3-8,10H2,1-2H3. The van der Waals surface area contributed by atoms with Crippen molar-refractivity contribution < 1.29 is 4.79 Å². The van der Waals surface area contributed by atoms with Crippen LogP contribution < -0.4 is 0 Å². The van der Waals surface area contributed by atoms with E-state index >= 15 is 0 Å². The summed E-state index contributed by atoms with van der Waals surface area (Å²) in [5, 5.41) is 0. The smallest absolute Gasteiger partial charge is 0.230 e. The monoisotopic (exact) mass is 195 g/mol. The minimum Gasteiger partial charge on any atom is -0.317 e. The minimum atomic E-state index is 0.276. The number of nitrogens with zero attached hydrogens (tertiary/aromatic N) is 1. The predicted molar refractivity (Wildman–Crippen MR) is 58.8 cm³/mol. The minimum absolute atomic E-state index is 0.276. The molecular formula is C12H21NO. The molecule has 1 rings (SSSR count). The van der Waals surface area contributed by atoms with Crippen LogP contribution in [0.3, 0.4) is 0 Å². The van der Waals surface area contributed by atoms with E-state index < -0.39 is 0 Å². The lowest BCUT2D eigenvalue weighted by Gasteiger charge is -2.18. The van der Waals surface area contributed by atoms with Gasteiger partial charge in [-0.3, -0.25) is 4.79 Å². The Bertz CT molecular complexity index is 220. The van der Waals surface area contributed by atoms with Gasteiger partial charge in [-0.2, -0.15) is 0 Å². The average molecular weight is 195 g/mol. The number of hydrogen-bond donors (Lipinski definition) is 0. The Morgan fingerprint density at radius 1 is 1.29 bits per heavy atom. The fraction of sp³-hybridized carbons (Fsp3) is 0.750. The summed E-state index contributed by atoms with van der Waals surface area (Å²) in [7, 11) is 0. The Hall–Kier alpha value is -0.790. The van der Waals surface area contributed by atoms with E-state index in [0.717, 1.165) is 13.0 Å². The summed E-state index contributed by atoms with van der Waals surface area (Å²) in [6, 6.07) is 0. The largest absolute Gasteiger partial charge is 0.317 e. The van der Waals surface area contributed by atoms with Crippen LogP contribution in [0.5, 0.6) is 0 Å². The molecule has 0 fully saturated rings. The number of carbonyl (C=O) groups is 1. The molecule has 2 heteroatoms. The van der Waals surface area contributed by atoms with E-state index in [4.69, 9.17) is 0 Å². The number of allylic oxidation sites excluding steroid dienone is 1. The lowest BCUT2D eigenvalue weighted by atomic mass is 10.1. The van der Waals surface area contributed by atoms with Gasteiger partial charge in [-0.15, -0.1) is 0 Å². The maximum absolute atomic E-state index is 11.4. The van der Waals surface area contributed by atoms with E-state index in [9.17, 15) is 4.79 Å². The molecule has 0 radical (unpaired) electrons. The molecular weight excluding hydrogens is 174 g/mol. The molecule has 1 aliphatic rings. The Labute approximate surface area is 87.0 Å². The fourth-order valence-electron chi connectivity index (χ4n) is 1.94. The van der Waals surface area contributed by atoms with E-state index in [1.54, 1.807) is 0 Å². The second kappa shape index (κ2) is 5.84. The van der Waals surface area contributed by atoms with E-state index in [2.05, 4.69) is 13.0 Å². The van der Waals surface area contributed by atoms with Gasteiger partial charge in [0, 0.05) is 18.7 Å². The topological polar surface area (TPSA) is 20.3 Å². The summed E-state index contributed by atoms with van der Waals surface area (Å²) in [6.07, 6.45) is 8.90. The molecule has 14 heavy (non-hydrogen) atoms. The van der Waals surface area contributed by atoms with Crippen LogP contribution in [0.1, 0.15) is 52.4 Å². The van der Waals surface area contributed by atoms with Gasteiger partial charge in [0.15, 0.2) is 0 Å². The Morgan fingerprint density at radius 3 is 2.71 bits per heavy atom. The van der Waals surface area contributed by atoms with Gasteiger partial charge >= 0.3 is 0 Å². The van der Waals surface area contributed by atoms with Gasteiger partial charge in [-0.05, 0) is 19.8 Å². The van der Waals surface area contributed by atoms with Crippen LogP contribution in [0, 0.1) is 0 Å². The number of hydrogen-bond acceptors (Lipinski definition) is 1. The van der Waals surface area contributed by atoms with Gasteiger partial charge in [-0.25, -0.2) is 0 Å². The molecule has 1 heterocycles. The zero-order valence-corrected chi connectivity index (χ0v) is 9.38. The summed E-state index contributed by atoms with van der Waals surface area (Å²) in [5.74, 6) is 0.276. The van der Waals surface area contributed by atoms with Crippen molar-refractivity contribution in [3.63, 3.8) is 0 Å². The summed E-state index contributed by atoms with van der Waals surface area (Å²) in [6.45, 7) is 5.10. The SMILES string of the molecule is CCCCCCC1=CCC(=O)N1CC. The third-order valence-corrected chi connectivity index (χ3v) is 2.76. The highest BCUT2D eigenvalue weighted by molar-refractivity contribution is 5.82. The van der Waals surface area contributed by atoms with Gasteiger partial charge in [-0.1, -0.05) is 32.3 Å². The van der Waals surface area contributed by atoms with Crippen molar-refractivity contribution in [2.75, 3.05) is 6.54 Å². The first-order valence-corrected chi connectivity index (χ1v) is 5.79. The second-order valence-electron chi connectivity index (χ2n) is 3.85. The number of amides is 1. The van der Waals surface area contributed by atoms with Crippen molar-refractivity contribution in [2.24, 2.45) is 0 Å². The van der Waals surface area contributed by atoms with Crippen molar-refractivity contribution in [3.8, 4) is 0 Å². The zero-order chi connectivity index (χ0) is 10.4. The highest BCUT2D eigenvalue weighted by atomic mass is 16.2. The molecule has 2 nitrogen and oxygen atoms in total. The van der Waals surface area contributed by atoms with Gasteiger partial charge in [0.05, 0.1) is 0 Å². The van der Waals surface area contributed by atoms with Crippen LogP contribution in [0.2, 0.25) is 0 Å². The van der Waals surface area contributed by atoms with Crippen LogP contribution >= 0.6 is 0 Å². The number of carbonyl (C=O) groups excluding carboxylic acids is 1. The highest BCUT2D eigenvalue weighted by Gasteiger charge is 2.20. The first kappa shape index (κ1) is 11.3. The first-order valence-electron chi connectivity index (χ1n) is 5.79. The van der Waals surface area contributed by atoms with Crippen LogP contribution in [0.25, 0.3) is 0 Å². The Balaban J connectivity index is 2.27. The van der Waals surface area contributed by atoms with Crippen molar-refractivity contribution in [1.29, 1.82) is 0 Å². The Kier molecular flexibility index (Phi) is 4.71. The predicted octanol–water partition coefficient (Wildman–Crippen LogP) is 3.09. The number of rotatable bonds is 6. The summed E-state index contributed by atoms with van der Waals surface area (Å²) in [5.41, 5.74) is 1.26. The summed E-state index contributed by atoms with van der Waals surface area (Å²) < 4.78 is 0. The zero-order valence-electron chi connectivity index (χ0n) is 9.38. The lowest BCUT2D eigenvalue weighted by molar-refractivity contribution is -0.127. The molecule has 0 saturated carbocycles. The van der Waals surface area contributed by atoms with Crippen molar-refractivity contribution >= 4 is 5.91 Å². The molecule has 0 spiro atoms. The van der Waals surface area contributed by atoms with Crippen molar-refractivity contribution in [3.05, 3.63) is 11.8 Å². The normalized spacial score (nSPS) is 16.3. The second-order valence-corrected chi connectivity index (χ2v) is 3.85. The molecule has 0 saturated heterocycles. The number of unbranched alkanes of at least 4 members (excludes halogenated alkanes) is 3. The lowest BCUT2D eigenvalue weighted by Crippen LogP contribution is -2.24. The van der Waals surface area contributed by atoms with Gasteiger partial charge in [0.25, 0.3) is 0 Å². The van der Waals surface area contributed by atoms with Crippen molar-refractivity contribution in [2.45, 2.75) is 52.4 Å². The quantitative estimate of drug-likeness (QED) is 0.596. The van der Waals surface area contributed by atoms with E-state index in [1.807, 2.05) is 11.8 Å².